The quantitative estimate of drug-likeness (QED) is 0.720. The first-order chi connectivity index (χ1) is 12.4. The third-order valence-corrected chi connectivity index (χ3v) is 4.48. The Balaban J connectivity index is 2.05. The van der Waals surface area contributed by atoms with Crippen LogP contribution in [0, 0.1) is 20.8 Å². The van der Waals surface area contributed by atoms with Crippen LogP contribution in [0.15, 0.2) is 36.4 Å². The molecule has 0 heterocycles. The largest absolute Gasteiger partial charge is 0.488 e. The van der Waals surface area contributed by atoms with E-state index in [2.05, 4.69) is 62.9 Å². The molecule has 0 fully saturated rings. The van der Waals surface area contributed by atoms with Crippen molar-refractivity contribution in [1.29, 1.82) is 0 Å². The first-order valence-corrected chi connectivity index (χ1v) is 9.11. The predicted molar refractivity (Wildman–Crippen MR) is 105 cm³/mol. The van der Waals surface area contributed by atoms with E-state index >= 15 is 0 Å². The van der Waals surface area contributed by atoms with Gasteiger partial charge in [0.25, 0.3) is 0 Å². The zero-order valence-corrected chi connectivity index (χ0v) is 16.2. The molecule has 0 aromatic heterocycles. The maximum absolute atomic E-state index is 10.8. The zero-order chi connectivity index (χ0) is 19.1. The van der Waals surface area contributed by atoms with Crippen LogP contribution in [0.1, 0.15) is 41.2 Å². The standard InChI is InChI=1S/C22H29NO3/c1-5-23(10-9-21(24)25)14-20-12-17(3)22(18(4)13-20)26-15-19-8-6-7-16(2)11-19/h6-8,11-13H,5,9-10,14-15H2,1-4H3,(H,24,25). The monoisotopic (exact) mass is 355 g/mol. The lowest BCUT2D eigenvalue weighted by Gasteiger charge is -2.21. The van der Waals surface area contributed by atoms with E-state index < -0.39 is 5.97 Å². The molecule has 2 rings (SSSR count). The van der Waals surface area contributed by atoms with Crippen LogP contribution in [0.4, 0.5) is 0 Å². The molecule has 0 aliphatic rings. The average molecular weight is 355 g/mol. The summed E-state index contributed by atoms with van der Waals surface area (Å²) in [6.45, 7) is 11.0. The molecule has 0 saturated heterocycles. The second kappa shape index (κ2) is 9.39. The molecular formula is C22H29NO3. The van der Waals surface area contributed by atoms with E-state index in [9.17, 15) is 4.79 Å². The third kappa shape index (κ3) is 5.88. The molecule has 0 amide bonds. The first-order valence-electron chi connectivity index (χ1n) is 9.11. The van der Waals surface area contributed by atoms with Crippen molar-refractivity contribution in [1.82, 2.24) is 4.90 Å². The van der Waals surface area contributed by atoms with Crippen LogP contribution in [0.3, 0.4) is 0 Å². The van der Waals surface area contributed by atoms with Crippen molar-refractivity contribution in [3.8, 4) is 5.75 Å². The fraction of sp³-hybridized carbons (Fsp3) is 0.409. The average Bonchev–Trinajstić information content (AvgIpc) is 2.57. The summed E-state index contributed by atoms with van der Waals surface area (Å²) in [5.74, 6) is 0.180. The van der Waals surface area contributed by atoms with E-state index in [0.29, 0.717) is 13.2 Å². The van der Waals surface area contributed by atoms with Gasteiger partial charge in [0.2, 0.25) is 0 Å². The van der Waals surface area contributed by atoms with Crippen molar-refractivity contribution >= 4 is 5.97 Å². The van der Waals surface area contributed by atoms with Crippen LogP contribution in [-0.2, 0) is 17.9 Å². The minimum Gasteiger partial charge on any atom is -0.488 e. The number of nitrogens with zero attached hydrogens (tertiary/aromatic N) is 1. The van der Waals surface area contributed by atoms with Gasteiger partial charge >= 0.3 is 5.97 Å². The van der Waals surface area contributed by atoms with Crippen molar-refractivity contribution in [2.75, 3.05) is 13.1 Å². The van der Waals surface area contributed by atoms with Gasteiger partial charge in [0, 0.05) is 13.1 Å². The lowest BCUT2D eigenvalue weighted by Crippen LogP contribution is -2.25. The number of ether oxygens (including phenoxy) is 1. The van der Waals surface area contributed by atoms with Gasteiger partial charge in [-0.05, 0) is 49.6 Å². The minimum absolute atomic E-state index is 0.170. The Kier molecular flexibility index (Phi) is 7.22. The van der Waals surface area contributed by atoms with E-state index in [1.165, 1.54) is 16.7 Å². The topological polar surface area (TPSA) is 49.8 Å². The first kappa shape index (κ1) is 20.0. The summed E-state index contributed by atoms with van der Waals surface area (Å²) in [6.07, 6.45) is 0.170. The lowest BCUT2D eigenvalue weighted by atomic mass is 10.0. The Bertz CT molecular complexity index is 732. The van der Waals surface area contributed by atoms with Crippen LogP contribution >= 0.6 is 0 Å². The summed E-state index contributed by atoms with van der Waals surface area (Å²) >= 11 is 0. The summed E-state index contributed by atoms with van der Waals surface area (Å²) in [7, 11) is 0. The number of hydrogen-bond acceptors (Lipinski definition) is 3. The van der Waals surface area contributed by atoms with Crippen LogP contribution in [0.2, 0.25) is 0 Å². The van der Waals surface area contributed by atoms with Gasteiger partial charge in [0.05, 0.1) is 6.42 Å². The number of carboxylic acid groups (broad SMARTS) is 1. The Labute approximate surface area is 156 Å². The molecule has 2 aromatic rings. The highest BCUT2D eigenvalue weighted by atomic mass is 16.5. The fourth-order valence-corrected chi connectivity index (χ4v) is 3.18. The minimum atomic E-state index is -0.754. The number of carboxylic acids is 1. The number of benzene rings is 2. The number of carbonyl (C=O) groups is 1. The molecule has 1 N–H and O–H groups in total. The van der Waals surface area contributed by atoms with Crippen molar-refractivity contribution < 1.29 is 14.6 Å². The maximum Gasteiger partial charge on any atom is 0.304 e. The molecule has 0 bridgehead atoms. The van der Waals surface area contributed by atoms with Crippen LogP contribution in [0.25, 0.3) is 0 Å². The third-order valence-electron chi connectivity index (χ3n) is 4.48. The van der Waals surface area contributed by atoms with Gasteiger partial charge in [-0.25, -0.2) is 0 Å². The Morgan fingerprint density at radius 1 is 1.08 bits per heavy atom. The van der Waals surface area contributed by atoms with Crippen LogP contribution in [-0.4, -0.2) is 29.1 Å². The van der Waals surface area contributed by atoms with Gasteiger partial charge in [-0.2, -0.15) is 0 Å². The smallest absolute Gasteiger partial charge is 0.304 e. The van der Waals surface area contributed by atoms with Gasteiger partial charge in [0.15, 0.2) is 0 Å². The summed E-state index contributed by atoms with van der Waals surface area (Å²) in [4.78, 5) is 12.9. The van der Waals surface area contributed by atoms with E-state index in [1.807, 2.05) is 6.07 Å². The molecule has 0 aliphatic heterocycles. The molecule has 4 heteroatoms. The van der Waals surface area contributed by atoms with E-state index in [-0.39, 0.29) is 6.42 Å². The molecule has 0 spiro atoms. The Morgan fingerprint density at radius 2 is 1.77 bits per heavy atom. The van der Waals surface area contributed by atoms with Crippen molar-refractivity contribution in [3.63, 3.8) is 0 Å². The SMILES string of the molecule is CCN(CCC(=O)O)Cc1cc(C)c(OCc2cccc(C)c2)c(C)c1. The second-order valence-electron chi connectivity index (χ2n) is 6.85. The van der Waals surface area contributed by atoms with Gasteiger partial charge in [-0.1, -0.05) is 48.9 Å². The van der Waals surface area contributed by atoms with Crippen molar-refractivity contribution in [3.05, 3.63) is 64.2 Å². The fourth-order valence-electron chi connectivity index (χ4n) is 3.18. The van der Waals surface area contributed by atoms with Gasteiger partial charge < -0.3 is 9.84 Å². The highest BCUT2D eigenvalue weighted by molar-refractivity contribution is 5.66. The summed E-state index contributed by atoms with van der Waals surface area (Å²) in [6, 6.07) is 12.6. The van der Waals surface area contributed by atoms with Gasteiger partial charge in [-0.3, -0.25) is 9.69 Å². The molecule has 140 valence electrons. The number of aliphatic carboxylic acids is 1. The number of rotatable bonds is 9. The molecule has 0 atom stereocenters. The Hall–Kier alpha value is -2.33. The molecule has 0 saturated carbocycles. The summed E-state index contributed by atoms with van der Waals surface area (Å²) in [5.41, 5.74) is 5.81. The van der Waals surface area contributed by atoms with Gasteiger partial charge in [0.1, 0.15) is 12.4 Å². The molecule has 26 heavy (non-hydrogen) atoms. The Morgan fingerprint density at radius 3 is 2.35 bits per heavy atom. The van der Waals surface area contributed by atoms with Crippen molar-refractivity contribution in [2.45, 2.75) is 47.3 Å². The lowest BCUT2D eigenvalue weighted by molar-refractivity contribution is -0.137. The highest BCUT2D eigenvalue weighted by Crippen LogP contribution is 2.26. The van der Waals surface area contributed by atoms with E-state index in [0.717, 1.165) is 30.0 Å². The molecule has 0 radical (unpaired) electrons. The maximum atomic E-state index is 10.8. The highest BCUT2D eigenvalue weighted by Gasteiger charge is 2.11. The molecule has 2 aromatic carbocycles. The molecular weight excluding hydrogens is 326 g/mol. The predicted octanol–water partition coefficient (Wildman–Crippen LogP) is 4.49. The normalized spacial score (nSPS) is 11.0. The zero-order valence-electron chi connectivity index (χ0n) is 16.2. The molecule has 4 nitrogen and oxygen atoms in total. The molecule has 0 aliphatic carbocycles. The summed E-state index contributed by atoms with van der Waals surface area (Å²) < 4.78 is 6.08. The number of aryl methyl sites for hydroxylation is 3. The van der Waals surface area contributed by atoms with E-state index in [4.69, 9.17) is 9.84 Å². The summed E-state index contributed by atoms with van der Waals surface area (Å²) in [5, 5.41) is 8.88. The number of hydrogen-bond donors (Lipinski definition) is 1. The van der Waals surface area contributed by atoms with E-state index in [1.54, 1.807) is 0 Å². The van der Waals surface area contributed by atoms with Crippen LogP contribution in [0.5, 0.6) is 5.75 Å². The van der Waals surface area contributed by atoms with Crippen LogP contribution < -0.4 is 4.74 Å². The molecule has 0 unspecified atom stereocenters. The van der Waals surface area contributed by atoms with Crippen molar-refractivity contribution in [2.24, 2.45) is 0 Å². The van der Waals surface area contributed by atoms with Gasteiger partial charge in [-0.15, -0.1) is 0 Å². The second-order valence-corrected chi connectivity index (χ2v) is 6.85.